The molecule has 0 aliphatic carbocycles. The molecule has 0 radical (unpaired) electrons. The Morgan fingerprint density at radius 3 is 2.58 bits per heavy atom. The van der Waals surface area contributed by atoms with Crippen molar-refractivity contribution >= 4 is 27.3 Å². The molecule has 0 aliphatic rings. The van der Waals surface area contributed by atoms with Gasteiger partial charge in [0.05, 0.1) is 7.11 Å². The molecule has 2 nitrogen and oxygen atoms in total. The SMILES string of the molecule is COc1ccccc1[C@H](C)NC(C)c1cc(Br)cs1. The molecule has 1 aromatic heterocycles. The van der Waals surface area contributed by atoms with Crippen molar-refractivity contribution < 1.29 is 4.74 Å². The molecule has 0 bridgehead atoms. The summed E-state index contributed by atoms with van der Waals surface area (Å²) in [6.45, 7) is 4.35. The van der Waals surface area contributed by atoms with Gasteiger partial charge in [-0.15, -0.1) is 11.3 Å². The Morgan fingerprint density at radius 1 is 1.21 bits per heavy atom. The van der Waals surface area contributed by atoms with Crippen LogP contribution in [-0.4, -0.2) is 7.11 Å². The summed E-state index contributed by atoms with van der Waals surface area (Å²) >= 11 is 5.26. The summed E-state index contributed by atoms with van der Waals surface area (Å²) in [5.74, 6) is 0.932. The van der Waals surface area contributed by atoms with Crippen molar-refractivity contribution in [2.45, 2.75) is 25.9 Å². The number of hydrogen-bond acceptors (Lipinski definition) is 3. The fourth-order valence-electron chi connectivity index (χ4n) is 2.13. The molecular weight excluding hydrogens is 322 g/mol. The third-order valence-electron chi connectivity index (χ3n) is 3.12. The molecule has 2 rings (SSSR count). The monoisotopic (exact) mass is 339 g/mol. The topological polar surface area (TPSA) is 21.3 Å². The molecule has 4 heteroatoms. The highest BCUT2D eigenvalue weighted by atomic mass is 79.9. The van der Waals surface area contributed by atoms with E-state index in [1.807, 2.05) is 18.2 Å². The van der Waals surface area contributed by atoms with Crippen LogP contribution in [0.4, 0.5) is 0 Å². The first-order valence-electron chi connectivity index (χ1n) is 6.24. The fourth-order valence-corrected chi connectivity index (χ4v) is 3.59. The first kappa shape index (κ1) is 14.6. The molecule has 102 valence electrons. The zero-order valence-electron chi connectivity index (χ0n) is 11.3. The van der Waals surface area contributed by atoms with Crippen LogP contribution >= 0.6 is 27.3 Å². The van der Waals surface area contributed by atoms with E-state index in [0.717, 1.165) is 10.2 Å². The van der Waals surface area contributed by atoms with Crippen LogP contribution in [0.15, 0.2) is 40.2 Å². The third-order valence-corrected chi connectivity index (χ3v) is 5.00. The predicted molar refractivity (Wildman–Crippen MR) is 85.0 cm³/mol. The van der Waals surface area contributed by atoms with Crippen LogP contribution in [0, 0.1) is 0 Å². The van der Waals surface area contributed by atoms with E-state index in [-0.39, 0.29) is 6.04 Å². The molecule has 0 aliphatic heterocycles. The van der Waals surface area contributed by atoms with E-state index in [0.29, 0.717) is 6.04 Å². The molecule has 0 spiro atoms. The van der Waals surface area contributed by atoms with E-state index in [4.69, 9.17) is 4.74 Å². The number of ether oxygens (including phenoxy) is 1. The zero-order valence-corrected chi connectivity index (χ0v) is 13.7. The Labute approximate surface area is 126 Å². The lowest BCUT2D eigenvalue weighted by Gasteiger charge is -2.21. The number of benzene rings is 1. The van der Waals surface area contributed by atoms with Crippen molar-refractivity contribution in [2.24, 2.45) is 0 Å². The van der Waals surface area contributed by atoms with Gasteiger partial charge < -0.3 is 10.1 Å². The van der Waals surface area contributed by atoms with E-state index in [9.17, 15) is 0 Å². The molecule has 19 heavy (non-hydrogen) atoms. The standard InChI is InChI=1S/C15H18BrNOS/c1-10(13-6-4-5-7-14(13)18-3)17-11(2)15-8-12(16)9-19-15/h4-11,17H,1-3H3/t10-,11?/m0/s1. The lowest BCUT2D eigenvalue weighted by Crippen LogP contribution is -2.22. The Kier molecular flexibility index (Phi) is 5.02. The summed E-state index contributed by atoms with van der Waals surface area (Å²) in [4.78, 5) is 1.33. The summed E-state index contributed by atoms with van der Waals surface area (Å²) in [6, 6.07) is 10.9. The Balaban J connectivity index is 2.10. The largest absolute Gasteiger partial charge is 0.496 e. The first-order chi connectivity index (χ1) is 9.11. The van der Waals surface area contributed by atoms with Gasteiger partial charge >= 0.3 is 0 Å². The third kappa shape index (κ3) is 3.59. The normalized spacial score (nSPS) is 14.1. The Bertz CT molecular complexity index is 540. The summed E-state index contributed by atoms with van der Waals surface area (Å²) in [5, 5.41) is 5.72. The first-order valence-corrected chi connectivity index (χ1v) is 7.92. The minimum absolute atomic E-state index is 0.243. The highest BCUT2D eigenvalue weighted by Crippen LogP contribution is 2.29. The van der Waals surface area contributed by atoms with E-state index in [2.05, 4.69) is 52.6 Å². The molecule has 1 N–H and O–H groups in total. The zero-order chi connectivity index (χ0) is 13.8. The maximum Gasteiger partial charge on any atom is 0.123 e. The highest BCUT2D eigenvalue weighted by molar-refractivity contribution is 9.10. The maximum absolute atomic E-state index is 5.41. The van der Waals surface area contributed by atoms with E-state index >= 15 is 0 Å². The van der Waals surface area contributed by atoms with Gasteiger partial charge in [0.2, 0.25) is 0 Å². The van der Waals surface area contributed by atoms with Crippen LogP contribution < -0.4 is 10.1 Å². The summed E-state index contributed by atoms with van der Waals surface area (Å²) in [5.41, 5.74) is 1.19. The minimum atomic E-state index is 0.243. The van der Waals surface area contributed by atoms with Crippen LogP contribution in [-0.2, 0) is 0 Å². The molecule has 1 unspecified atom stereocenters. The lowest BCUT2D eigenvalue weighted by molar-refractivity contribution is 0.397. The molecule has 1 aromatic carbocycles. The molecule has 2 aromatic rings. The summed E-state index contributed by atoms with van der Waals surface area (Å²) < 4.78 is 6.56. The second-order valence-electron chi connectivity index (χ2n) is 4.52. The number of halogens is 1. The van der Waals surface area contributed by atoms with Crippen molar-refractivity contribution in [2.75, 3.05) is 7.11 Å². The van der Waals surface area contributed by atoms with Crippen LogP contribution in [0.25, 0.3) is 0 Å². The maximum atomic E-state index is 5.41. The summed E-state index contributed by atoms with van der Waals surface area (Å²) in [6.07, 6.45) is 0. The van der Waals surface area contributed by atoms with Gasteiger partial charge in [0.1, 0.15) is 5.75 Å². The van der Waals surface area contributed by atoms with Gasteiger partial charge in [-0.3, -0.25) is 0 Å². The van der Waals surface area contributed by atoms with Crippen LogP contribution in [0.2, 0.25) is 0 Å². The van der Waals surface area contributed by atoms with Crippen molar-refractivity contribution in [3.63, 3.8) is 0 Å². The average molecular weight is 340 g/mol. The van der Waals surface area contributed by atoms with Crippen LogP contribution in [0.1, 0.15) is 36.4 Å². The molecule has 0 fully saturated rings. The van der Waals surface area contributed by atoms with Crippen molar-refractivity contribution in [3.05, 3.63) is 50.6 Å². The second kappa shape index (κ2) is 6.55. The van der Waals surface area contributed by atoms with E-state index in [1.54, 1.807) is 18.4 Å². The van der Waals surface area contributed by atoms with Crippen LogP contribution in [0.5, 0.6) is 5.75 Å². The summed E-state index contributed by atoms with van der Waals surface area (Å²) in [7, 11) is 1.71. The molecule has 0 saturated heterocycles. The van der Waals surface area contributed by atoms with Crippen molar-refractivity contribution in [1.82, 2.24) is 5.32 Å². The Morgan fingerprint density at radius 2 is 1.95 bits per heavy atom. The highest BCUT2D eigenvalue weighted by Gasteiger charge is 2.15. The lowest BCUT2D eigenvalue weighted by atomic mass is 10.1. The quantitative estimate of drug-likeness (QED) is 0.833. The van der Waals surface area contributed by atoms with Gasteiger partial charge in [0.15, 0.2) is 0 Å². The number of thiophene rings is 1. The van der Waals surface area contributed by atoms with Gasteiger partial charge in [-0.2, -0.15) is 0 Å². The number of hydrogen-bond donors (Lipinski definition) is 1. The number of methoxy groups -OCH3 is 1. The Hall–Kier alpha value is -0.840. The van der Waals surface area contributed by atoms with Gasteiger partial charge in [-0.1, -0.05) is 18.2 Å². The van der Waals surface area contributed by atoms with E-state index in [1.165, 1.54) is 10.4 Å². The van der Waals surface area contributed by atoms with Gasteiger partial charge in [0.25, 0.3) is 0 Å². The van der Waals surface area contributed by atoms with Crippen molar-refractivity contribution in [3.8, 4) is 5.75 Å². The minimum Gasteiger partial charge on any atom is -0.496 e. The molecule has 0 amide bonds. The molecule has 2 atom stereocenters. The molecule has 1 heterocycles. The van der Waals surface area contributed by atoms with Crippen molar-refractivity contribution in [1.29, 1.82) is 0 Å². The predicted octanol–water partition coefficient (Wildman–Crippen LogP) is 4.93. The second-order valence-corrected chi connectivity index (χ2v) is 6.38. The van der Waals surface area contributed by atoms with E-state index < -0.39 is 0 Å². The van der Waals surface area contributed by atoms with Gasteiger partial charge in [0, 0.05) is 32.4 Å². The number of rotatable bonds is 5. The molecule has 0 saturated carbocycles. The number of nitrogens with one attached hydrogen (secondary N) is 1. The number of para-hydroxylation sites is 1. The van der Waals surface area contributed by atoms with Gasteiger partial charge in [-0.05, 0) is 41.9 Å². The fraction of sp³-hybridized carbons (Fsp3) is 0.333. The molecular formula is C15H18BrNOS. The smallest absolute Gasteiger partial charge is 0.123 e. The van der Waals surface area contributed by atoms with Gasteiger partial charge in [-0.25, -0.2) is 0 Å². The van der Waals surface area contributed by atoms with Crippen LogP contribution in [0.3, 0.4) is 0 Å². The average Bonchev–Trinajstić information content (AvgIpc) is 2.85.